The molecule has 0 spiro atoms. The molecule has 1 unspecified atom stereocenters. The Balaban J connectivity index is 2.39. The van der Waals surface area contributed by atoms with Gasteiger partial charge in [0, 0.05) is 25.2 Å². The summed E-state index contributed by atoms with van der Waals surface area (Å²) < 4.78 is 0. The Labute approximate surface area is 124 Å². The average Bonchev–Trinajstić information content (AvgIpc) is 2.35. The zero-order chi connectivity index (χ0) is 15.3. The van der Waals surface area contributed by atoms with Crippen molar-refractivity contribution in [2.45, 2.75) is 59.0 Å². The number of hydrogen-bond donors (Lipinski definition) is 1. The quantitative estimate of drug-likeness (QED) is 0.838. The minimum Gasteiger partial charge on any atom is -0.342 e. The van der Waals surface area contributed by atoms with Crippen molar-refractivity contribution >= 4 is 5.91 Å². The van der Waals surface area contributed by atoms with E-state index >= 15 is 0 Å². The fraction of sp³-hybridized carbons (Fsp3) is 0.938. The first-order valence-electron chi connectivity index (χ1n) is 7.92. The minimum absolute atomic E-state index is 0.177. The van der Waals surface area contributed by atoms with E-state index in [2.05, 4.69) is 44.8 Å². The number of likely N-dealkylation sites (N-methyl/N-ethyl adjacent to an activating group) is 1. The Morgan fingerprint density at radius 2 is 2.05 bits per heavy atom. The van der Waals surface area contributed by atoms with Crippen LogP contribution in [0.2, 0.25) is 0 Å². The topological polar surface area (TPSA) is 35.6 Å². The molecule has 0 aliphatic carbocycles. The molecular formula is C16H33N3O. The summed E-state index contributed by atoms with van der Waals surface area (Å²) in [6, 6.07) is 0.283. The highest BCUT2D eigenvalue weighted by molar-refractivity contribution is 5.78. The summed E-state index contributed by atoms with van der Waals surface area (Å²) >= 11 is 0. The second-order valence-electron chi connectivity index (χ2n) is 7.47. The van der Waals surface area contributed by atoms with Crippen LogP contribution in [0.15, 0.2) is 0 Å². The van der Waals surface area contributed by atoms with E-state index in [1.54, 1.807) is 0 Å². The van der Waals surface area contributed by atoms with E-state index in [0.29, 0.717) is 12.5 Å². The summed E-state index contributed by atoms with van der Waals surface area (Å²) in [5.41, 5.74) is 0.177. The monoisotopic (exact) mass is 283 g/mol. The van der Waals surface area contributed by atoms with Gasteiger partial charge in [-0.2, -0.15) is 0 Å². The second-order valence-corrected chi connectivity index (χ2v) is 7.47. The van der Waals surface area contributed by atoms with Gasteiger partial charge in [0.15, 0.2) is 0 Å². The van der Waals surface area contributed by atoms with Gasteiger partial charge in [0.2, 0.25) is 5.91 Å². The van der Waals surface area contributed by atoms with E-state index in [4.69, 9.17) is 0 Å². The minimum atomic E-state index is 0.177. The van der Waals surface area contributed by atoms with Crippen LogP contribution >= 0.6 is 0 Å². The van der Waals surface area contributed by atoms with Gasteiger partial charge in [0.1, 0.15) is 0 Å². The molecule has 1 heterocycles. The molecule has 0 radical (unpaired) electrons. The number of hydrogen-bond acceptors (Lipinski definition) is 3. The number of nitrogens with zero attached hydrogens (tertiary/aromatic N) is 2. The van der Waals surface area contributed by atoms with Crippen LogP contribution < -0.4 is 5.32 Å². The van der Waals surface area contributed by atoms with E-state index < -0.39 is 0 Å². The van der Waals surface area contributed by atoms with Crippen molar-refractivity contribution in [2.24, 2.45) is 5.92 Å². The lowest BCUT2D eigenvalue weighted by Gasteiger charge is -2.35. The number of carbonyl (C=O) groups is 1. The van der Waals surface area contributed by atoms with Gasteiger partial charge < -0.3 is 10.2 Å². The third-order valence-corrected chi connectivity index (χ3v) is 4.05. The van der Waals surface area contributed by atoms with Gasteiger partial charge in [-0.15, -0.1) is 0 Å². The summed E-state index contributed by atoms with van der Waals surface area (Å²) in [5, 5.41) is 3.58. The van der Waals surface area contributed by atoms with Crippen molar-refractivity contribution in [1.82, 2.24) is 15.1 Å². The first-order valence-corrected chi connectivity index (χ1v) is 7.92. The molecule has 1 N–H and O–H groups in total. The first kappa shape index (κ1) is 17.4. The normalized spacial score (nSPS) is 21.2. The van der Waals surface area contributed by atoms with Gasteiger partial charge in [0.05, 0.1) is 6.54 Å². The number of likely N-dealkylation sites (tertiary alicyclic amines) is 1. The fourth-order valence-corrected chi connectivity index (χ4v) is 2.50. The highest BCUT2D eigenvalue weighted by Crippen LogP contribution is 2.17. The Morgan fingerprint density at radius 1 is 1.40 bits per heavy atom. The highest BCUT2D eigenvalue weighted by atomic mass is 16.2. The van der Waals surface area contributed by atoms with E-state index in [1.807, 2.05) is 11.9 Å². The van der Waals surface area contributed by atoms with E-state index in [0.717, 1.165) is 19.6 Å². The number of carbonyl (C=O) groups excluding carboxylic acids is 1. The summed E-state index contributed by atoms with van der Waals surface area (Å²) in [6.07, 6.45) is 2.48. The predicted molar refractivity (Wildman–Crippen MR) is 84.8 cm³/mol. The Kier molecular flexibility index (Phi) is 6.46. The lowest BCUT2D eigenvalue weighted by molar-refractivity contribution is -0.133. The molecule has 1 fully saturated rings. The lowest BCUT2D eigenvalue weighted by Crippen LogP contribution is -2.48. The molecule has 4 heteroatoms. The summed E-state index contributed by atoms with van der Waals surface area (Å²) in [5.74, 6) is 0.907. The molecule has 0 aromatic heterocycles. The van der Waals surface area contributed by atoms with Crippen molar-refractivity contribution in [2.75, 3.05) is 33.2 Å². The van der Waals surface area contributed by atoms with Gasteiger partial charge in [-0.3, -0.25) is 9.69 Å². The molecule has 4 nitrogen and oxygen atoms in total. The zero-order valence-electron chi connectivity index (χ0n) is 14.2. The molecule has 20 heavy (non-hydrogen) atoms. The lowest BCUT2D eigenvalue weighted by atomic mass is 9.96. The first-order chi connectivity index (χ1) is 9.19. The van der Waals surface area contributed by atoms with Crippen LogP contribution in [0.25, 0.3) is 0 Å². The second kappa shape index (κ2) is 7.41. The Bertz CT molecular complexity index is 309. The highest BCUT2D eigenvalue weighted by Gasteiger charge is 2.24. The molecule has 1 amide bonds. The number of piperidine rings is 1. The van der Waals surface area contributed by atoms with Crippen LogP contribution in [-0.2, 0) is 4.79 Å². The summed E-state index contributed by atoms with van der Waals surface area (Å²) in [7, 11) is 1.90. The summed E-state index contributed by atoms with van der Waals surface area (Å²) in [4.78, 5) is 16.3. The molecular weight excluding hydrogens is 250 g/mol. The smallest absolute Gasteiger partial charge is 0.236 e. The number of nitrogens with one attached hydrogen (secondary N) is 1. The Morgan fingerprint density at radius 3 is 2.60 bits per heavy atom. The predicted octanol–water partition coefficient (Wildman–Crippen LogP) is 1.95. The zero-order valence-corrected chi connectivity index (χ0v) is 14.2. The van der Waals surface area contributed by atoms with Crippen LogP contribution in [0.1, 0.15) is 47.5 Å². The van der Waals surface area contributed by atoms with Crippen molar-refractivity contribution < 1.29 is 4.79 Å². The van der Waals surface area contributed by atoms with E-state index in [-0.39, 0.29) is 17.5 Å². The molecule has 1 saturated heterocycles. The number of rotatable bonds is 5. The third-order valence-electron chi connectivity index (χ3n) is 4.05. The maximum absolute atomic E-state index is 12.1. The molecule has 0 aromatic rings. The molecule has 0 saturated carbocycles. The van der Waals surface area contributed by atoms with Crippen molar-refractivity contribution in [3.8, 4) is 0 Å². The standard InChI is InChI=1S/C16H33N3O/c1-13(2)18(6)15(20)12-19-9-7-8-14(11-19)10-17-16(3,4)5/h13-14,17H,7-12H2,1-6H3. The SMILES string of the molecule is CC(C)N(C)C(=O)CN1CCCC(CNC(C)(C)C)C1. The van der Waals surface area contributed by atoms with Gasteiger partial charge in [0.25, 0.3) is 0 Å². The molecule has 1 aliphatic rings. The van der Waals surface area contributed by atoms with Gasteiger partial charge >= 0.3 is 0 Å². The number of amides is 1. The molecule has 0 aromatic carbocycles. The fourth-order valence-electron chi connectivity index (χ4n) is 2.50. The van der Waals surface area contributed by atoms with Gasteiger partial charge in [-0.25, -0.2) is 0 Å². The van der Waals surface area contributed by atoms with Crippen molar-refractivity contribution in [1.29, 1.82) is 0 Å². The third kappa shape index (κ3) is 6.23. The molecule has 1 atom stereocenters. The largest absolute Gasteiger partial charge is 0.342 e. The van der Waals surface area contributed by atoms with E-state index in [1.165, 1.54) is 12.8 Å². The maximum atomic E-state index is 12.1. The van der Waals surface area contributed by atoms with Crippen LogP contribution in [0.3, 0.4) is 0 Å². The van der Waals surface area contributed by atoms with Crippen LogP contribution in [0.4, 0.5) is 0 Å². The molecule has 0 bridgehead atoms. The van der Waals surface area contributed by atoms with Crippen molar-refractivity contribution in [3.63, 3.8) is 0 Å². The van der Waals surface area contributed by atoms with Crippen LogP contribution in [0.5, 0.6) is 0 Å². The van der Waals surface area contributed by atoms with Crippen LogP contribution in [0, 0.1) is 5.92 Å². The van der Waals surface area contributed by atoms with Gasteiger partial charge in [-0.1, -0.05) is 0 Å². The Hall–Kier alpha value is -0.610. The van der Waals surface area contributed by atoms with Crippen molar-refractivity contribution in [3.05, 3.63) is 0 Å². The maximum Gasteiger partial charge on any atom is 0.236 e. The molecule has 1 rings (SSSR count). The van der Waals surface area contributed by atoms with Gasteiger partial charge in [-0.05, 0) is 66.5 Å². The molecule has 118 valence electrons. The van der Waals surface area contributed by atoms with Crippen LogP contribution in [-0.4, -0.2) is 60.5 Å². The molecule has 1 aliphatic heterocycles. The average molecular weight is 283 g/mol. The van der Waals surface area contributed by atoms with E-state index in [9.17, 15) is 4.79 Å². The summed E-state index contributed by atoms with van der Waals surface area (Å²) in [6.45, 7) is 14.5.